The highest BCUT2D eigenvalue weighted by atomic mass is 32.2. The van der Waals surface area contributed by atoms with Crippen molar-refractivity contribution in [2.24, 2.45) is 18.0 Å². The maximum atomic E-state index is 4.50. The van der Waals surface area contributed by atoms with Crippen LogP contribution in [0.5, 0.6) is 0 Å². The second-order valence-electron chi connectivity index (χ2n) is 4.18. The van der Waals surface area contributed by atoms with Crippen molar-refractivity contribution in [1.82, 2.24) is 15.1 Å². The van der Waals surface area contributed by atoms with Gasteiger partial charge in [-0.1, -0.05) is 18.7 Å². The zero-order valence-electron chi connectivity index (χ0n) is 9.81. The van der Waals surface area contributed by atoms with Crippen molar-refractivity contribution in [3.05, 3.63) is 18.0 Å². The van der Waals surface area contributed by atoms with Gasteiger partial charge in [0, 0.05) is 44.2 Å². The summed E-state index contributed by atoms with van der Waals surface area (Å²) in [6.45, 7) is 4.13. The molecule has 1 aromatic rings. The average molecular weight is 238 g/mol. The van der Waals surface area contributed by atoms with Gasteiger partial charge in [0.25, 0.3) is 0 Å². The minimum absolute atomic E-state index is 0.715. The number of aromatic nitrogens is 2. The number of rotatable bonds is 3. The first-order chi connectivity index (χ1) is 7.75. The Bertz CT molecular complexity index is 372. The topological polar surface area (TPSA) is 42.2 Å². The van der Waals surface area contributed by atoms with Gasteiger partial charge in [0.15, 0.2) is 5.17 Å². The molecule has 0 aromatic carbocycles. The van der Waals surface area contributed by atoms with Gasteiger partial charge in [-0.15, -0.1) is 0 Å². The number of nitrogens with one attached hydrogen (secondary N) is 1. The van der Waals surface area contributed by atoms with Gasteiger partial charge in [0.05, 0.1) is 0 Å². The Kier molecular flexibility index (Phi) is 3.88. The van der Waals surface area contributed by atoms with E-state index in [1.54, 1.807) is 0 Å². The van der Waals surface area contributed by atoms with E-state index in [1.807, 2.05) is 29.7 Å². The molecule has 1 N–H and O–H groups in total. The molecule has 0 aliphatic carbocycles. The standard InChI is InChI=1S/C11H18N4S/c1-9-7-13-11(16-8-9)12-5-3-10-4-6-14-15(10)2/h4,6,9H,3,5,7-8H2,1-2H3,(H,12,13). The second-order valence-corrected chi connectivity index (χ2v) is 5.19. The summed E-state index contributed by atoms with van der Waals surface area (Å²) in [5.74, 6) is 1.89. The Morgan fingerprint density at radius 2 is 2.50 bits per heavy atom. The second kappa shape index (κ2) is 5.39. The molecule has 0 fully saturated rings. The highest BCUT2D eigenvalue weighted by Gasteiger charge is 2.11. The van der Waals surface area contributed by atoms with E-state index in [1.165, 1.54) is 11.4 Å². The fraction of sp³-hybridized carbons (Fsp3) is 0.636. The number of nitrogens with zero attached hydrogens (tertiary/aromatic N) is 3. The van der Waals surface area contributed by atoms with Gasteiger partial charge in [0.2, 0.25) is 0 Å². The Labute approximate surface area is 101 Å². The van der Waals surface area contributed by atoms with Gasteiger partial charge in [-0.3, -0.25) is 9.67 Å². The lowest BCUT2D eigenvalue weighted by Crippen LogP contribution is -2.28. The van der Waals surface area contributed by atoms with E-state index < -0.39 is 0 Å². The number of hydrogen-bond acceptors (Lipinski definition) is 4. The lowest BCUT2D eigenvalue weighted by atomic mass is 10.2. The molecule has 16 heavy (non-hydrogen) atoms. The molecule has 88 valence electrons. The third kappa shape index (κ3) is 3.01. The number of thioether (sulfide) groups is 1. The first-order valence-corrected chi connectivity index (χ1v) is 6.62. The van der Waals surface area contributed by atoms with Crippen LogP contribution in [-0.2, 0) is 13.5 Å². The molecule has 1 atom stereocenters. The Morgan fingerprint density at radius 1 is 1.62 bits per heavy atom. The van der Waals surface area contributed by atoms with Crippen molar-refractivity contribution >= 4 is 16.9 Å². The molecule has 0 saturated carbocycles. The van der Waals surface area contributed by atoms with Gasteiger partial charge in [-0.05, 0) is 12.0 Å². The molecule has 1 aliphatic heterocycles. The third-order valence-corrected chi connectivity index (χ3v) is 3.91. The predicted molar refractivity (Wildman–Crippen MR) is 68.8 cm³/mol. The summed E-state index contributed by atoms with van der Waals surface area (Å²) in [7, 11) is 1.98. The van der Waals surface area contributed by atoms with Gasteiger partial charge in [0.1, 0.15) is 0 Å². The first-order valence-electron chi connectivity index (χ1n) is 5.63. The molecule has 0 amide bonds. The van der Waals surface area contributed by atoms with Crippen LogP contribution in [0.4, 0.5) is 0 Å². The average Bonchev–Trinajstić information content (AvgIpc) is 2.68. The summed E-state index contributed by atoms with van der Waals surface area (Å²) < 4.78 is 1.92. The van der Waals surface area contributed by atoms with E-state index in [-0.39, 0.29) is 0 Å². The van der Waals surface area contributed by atoms with E-state index in [0.717, 1.165) is 24.7 Å². The summed E-state index contributed by atoms with van der Waals surface area (Å²) in [4.78, 5) is 4.50. The van der Waals surface area contributed by atoms with Crippen molar-refractivity contribution in [3.8, 4) is 0 Å². The molecule has 5 heteroatoms. The van der Waals surface area contributed by atoms with E-state index in [9.17, 15) is 0 Å². The molecule has 0 saturated heterocycles. The molecule has 0 bridgehead atoms. The lowest BCUT2D eigenvalue weighted by Gasteiger charge is -2.17. The molecule has 1 aromatic heterocycles. The van der Waals surface area contributed by atoms with E-state index >= 15 is 0 Å². The van der Waals surface area contributed by atoms with Crippen LogP contribution in [0.3, 0.4) is 0 Å². The van der Waals surface area contributed by atoms with Crippen LogP contribution in [0, 0.1) is 5.92 Å². The van der Waals surface area contributed by atoms with Gasteiger partial charge < -0.3 is 5.32 Å². The molecular weight excluding hydrogens is 220 g/mol. The number of hydrogen-bond donors (Lipinski definition) is 1. The first kappa shape index (κ1) is 11.5. The van der Waals surface area contributed by atoms with Gasteiger partial charge in [-0.2, -0.15) is 5.10 Å². The quantitative estimate of drug-likeness (QED) is 0.863. The molecule has 0 spiro atoms. The molecule has 1 unspecified atom stereocenters. The lowest BCUT2D eigenvalue weighted by molar-refractivity contribution is 0.665. The minimum Gasteiger partial charge on any atom is -0.365 e. The largest absolute Gasteiger partial charge is 0.365 e. The normalized spacial score (nSPS) is 20.6. The van der Waals surface area contributed by atoms with E-state index in [4.69, 9.17) is 0 Å². The minimum atomic E-state index is 0.715. The van der Waals surface area contributed by atoms with Crippen LogP contribution in [0.25, 0.3) is 0 Å². The molecule has 1 aliphatic rings. The fourth-order valence-corrected chi connectivity index (χ4v) is 2.53. The van der Waals surface area contributed by atoms with Crippen molar-refractivity contribution in [1.29, 1.82) is 0 Å². The Balaban J connectivity index is 1.74. The molecule has 4 nitrogen and oxygen atoms in total. The monoisotopic (exact) mass is 238 g/mol. The van der Waals surface area contributed by atoms with Crippen molar-refractivity contribution in [2.75, 3.05) is 18.8 Å². The Hall–Kier alpha value is -0.970. The van der Waals surface area contributed by atoms with Crippen molar-refractivity contribution < 1.29 is 0 Å². The van der Waals surface area contributed by atoms with E-state index in [0.29, 0.717) is 5.92 Å². The summed E-state index contributed by atoms with van der Waals surface area (Å²) >= 11 is 1.83. The Morgan fingerprint density at radius 3 is 3.12 bits per heavy atom. The number of amidine groups is 1. The number of aryl methyl sites for hydroxylation is 1. The van der Waals surface area contributed by atoms with Crippen LogP contribution >= 0.6 is 11.8 Å². The third-order valence-electron chi connectivity index (χ3n) is 2.63. The zero-order chi connectivity index (χ0) is 11.4. The van der Waals surface area contributed by atoms with Crippen LogP contribution in [-0.4, -0.2) is 33.8 Å². The number of aliphatic imine (C=N–C) groups is 1. The van der Waals surface area contributed by atoms with Crippen LogP contribution in [0.15, 0.2) is 17.3 Å². The zero-order valence-corrected chi connectivity index (χ0v) is 10.6. The van der Waals surface area contributed by atoms with Crippen LogP contribution in [0.2, 0.25) is 0 Å². The van der Waals surface area contributed by atoms with E-state index in [2.05, 4.69) is 28.4 Å². The fourth-order valence-electron chi connectivity index (χ4n) is 1.61. The molecule has 2 rings (SSSR count). The maximum absolute atomic E-state index is 4.50. The highest BCUT2D eigenvalue weighted by molar-refractivity contribution is 8.13. The maximum Gasteiger partial charge on any atom is 0.156 e. The molecular formula is C11H18N4S. The van der Waals surface area contributed by atoms with Crippen molar-refractivity contribution in [2.45, 2.75) is 13.3 Å². The SMILES string of the molecule is CC1CN=C(NCCc2ccnn2C)SC1. The van der Waals surface area contributed by atoms with Crippen LogP contribution in [0.1, 0.15) is 12.6 Å². The highest BCUT2D eigenvalue weighted by Crippen LogP contribution is 2.15. The summed E-state index contributed by atoms with van der Waals surface area (Å²) in [6, 6.07) is 2.06. The van der Waals surface area contributed by atoms with Gasteiger partial charge >= 0.3 is 0 Å². The summed E-state index contributed by atoms with van der Waals surface area (Å²) in [5, 5.41) is 8.62. The van der Waals surface area contributed by atoms with Crippen LogP contribution < -0.4 is 5.32 Å². The molecule has 2 heterocycles. The van der Waals surface area contributed by atoms with Gasteiger partial charge in [-0.25, -0.2) is 0 Å². The summed E-state index contributed by atoms with van der Waals surface area (Å²) in [5.41, 5.74) is 1.25. The molecule has 0 radical (unpaired) electrons. The predicted octanol–water partition coefficient (Wildman–Crippen LogP) is 1.29. The van der Waals surface area contributed by atoms with Crippen molar-refractivity contribution in [3.63, 3.8) is 0 Å². The smallest absolute Gasteiger partial charge is 0.156 e. The summed E-state index contributed by atoms with van der Waals surface area (Å²) in [6.07, 6.45) is 2.83.